The average Bonchev–Trinajstić information content (AvgIpc) is 3.11. The first-order chi connectivity index (χ1) is 12.7. The minimum Gasteiger partial charge on any atom is -0.147 e. The molecule has 0 unspecified atom stereocenters. The molecule has 0 N–H and O–H groups in total. The van der Waals surface area contributed by atoms with Gasteiger partial charge in [-0.1, -0.05) is 0 Å². The van der Waals surface area contributed by atoms with Gasteiger partial charge in [-0.2, -0.15) is 0 Å². The fourth-order valence-electron chi connectivity index (χ4n) is 5.39. The van der Waals surface area contributed by atoms with E-state index in [0.29, 0.717) is 11.8 Å². The molecule has 2 aliphatic carbocycles. The molecule has 30 heavy (non-hydrogen) atoms. The Morgan fingerprint density at radius 3 is 1.23 bits per heavy atom. The molecule has 0 bridgehead atoms. The van der Waals surface area contributed by atoms with Crippen LogP contribution in [0, 0.1) is 23.7 Å². The molecular formula is C26H48Cl2SiZr. The summed E-state index contributed by atoms with van der Waals surface area (Å²) in [7, 11) is 0. The van der Waals surface area contributed by atoms with Crippen LogP contribution in [-0.2, 0) is 17.4 Å². The van der Waals surface area contributed by atoms with Crippen LogP contribution in [0.4, 0.5) is 0 Å². The smallest absolute Gasteiger partial charge is 0.147 e. The predicted molar refractivity (Wildman–Crippen MR) is 143 cm³/mol. The molecule has 0 nitrogen and oxygen atoms in total. The van der Waals surface area contributed by atoms with Crippen molar-refractivity contribution < 1.29 is 17.4 Å². The number of rotatable bonds is 8. The molecule has 0 fully saturated rings. The Morgan fingerprint density at radius 2 is 1.00 bits per heavy atom. The van der Waals surface area contributed by atoms with E-state index in [1.54, 1.807) is 22.3 Å². The Morgan fingerprint density at radius 1 is 0.700 bits per heavy atom. The average molecular weight is 551 g/mol. The van der Waals surface area contributed by atoms with Crippen molar-refractivity contribution in [2.24, 2.45) is 23.7 Å². The van der Waals surface area contributed by atoms with Gasteiger partial charge in [0.15, 0.2) is 0 Å². The number of allylic oxidation sites excluding steroid dienone is 8. The summed E-state index contributed by atoms with van der Waals surface area (Å²) in [6.45, 7) is 21.6. The molecule has 0 radical (unpaired) electrons. The number of hydrogen-bond donors (Lipinski definition) is 0. The van der Waals surface area contributed by atoms with Gasteiger partial charge in [-0.15, -0.1) is 24.8 Å². The van der Waals surface area contributed by atoms with Crippen LogP contribution in [0.5, 0.6) is 0 Å². The molecule has 0 amide bonds. The molecule has 174 valence electrons. The van der Waals surface area contributed by atoms with E-state index < -0.39 is 17.4 Å². The Kier molecular flexibility index (Phi) is 11.4. The molecule has 0 saturated carbocycles. The SMILES string of the molecule is CC(C)CC1=CC(C(C)C)=[C]([Zr]([CH3])([CH3])(=[SiH2])[C]2=C(C(C)C)C=C(CC(C)C)C2)C1.Cl.Cl. The summed E-state index contributed by atoms with van der Waals surface area (Å²) < 4.78 is 9.29. The van der Waals surface area contributed by atoms with Gasteiger partial charge < -0.3 is 0 Å². The minimum atomic E-state index is -3.18. The second-order valence-corrected chi connectivity index (χ2v) is 40.7. The third kappa shape index (κ3) is 6.82. The van der Waals surface area contributed by atoms with E-state index in [1.165, 1.54) is 25.7 Å². The van der Waals surface area contributed by atoms with Crippen LogP contribution in [0.1, 0.15) is 81.1 Å². The molecule has 0 aromatic carbocycles. The summed E-state index contributed by atoms with van der Waals surface area (Å²) in [5.41, 5.74) is 6.80. The van der Waals surface area contributed by atoms with Crippen LogP contribution in [0.25, 0.3) is 0 Å². The molecule has 0 aromatic heterocycles. The molecule has 0 saturated heterocycles. The van der Waals surface area contributed by atoms with E-state index in [0.717, 1.165) is 11.8 Å². The topological polar surface area (TPSA) is 0 Å². The van der Waals surface area contributed by atoms with Crippen molar-refractivity contribution in [3.63, 3.8) is 0 Å². The van der Waals surface area contributed by atoms with E-state index in [-0.39, 0.29) is 24.8 Å². The van der Waals surface area contributed by atoms with Gasteiger partial charge in [0.2, 0.25) is 0 Å². The minimum absolute atomic E-state index is 0. The van der Waals surface area contributed by atoms with Crippen LogP contribution in [-0.4, -0.2) is 6.88 Å². The Bertz CT molecular complexity index is 752. The largest absolute Gasteiger partial charge is 0.147 e. The zero-order valence-corrected chi connectivity index (χ0v) is 26.8. The second kappa shape index (κ2) is 11.2. The fraction of sp³-hybridized carbons (Fsp3) is 0.692. The van der Waals surface area contributed by atoms with Crippen LogP contribution < -0.4 is 0 Å². The number of hydrogen-bond acceptors (Lipinski definition) is 0. The van der Waals surface area contributed by atoms with Gasteiger partial charge in [-0.05, 0) is 0 Å². The monoisotopic (exact) mass is 548 g/mol. The number of halogens is 2. The van der Waals surface area contributed by atoms with Gasteiger partial charge in [0.05, 0.1) is 0 Å². The maximum atomic E-state index is 2.74. The molecule has 2 aliphatic rings. The molecule has 4 heteroatoms. The van der Waals surface area contributed by atoms with Crippen LogP contribution >= 0.6 is 24.8 Å². The summed E-state index contributed by atoms with van der Waals surface area (Å²) in [4.78, 5) is 0. The summed E-state index contributed by atoms with van der Waals surface area (Å²) in [5.74, 6) is 2.79. The van der Waals surface area contributed by atoms with Gasteiger partial charge in [-0.3, -0.25) is 0 Å². The van der Waals surface area contributed by atoms with Crippen molar-refractivity contribution in [3.8, 4) is 0 Å². The molecule has 0 heterocycles. The van der Waals surface area contributed by atoms with Gasteiger partial charge in [0, 0.05) is 0 Å². The molecule has 0 aromatic rings. The Balaban J connectivity index is 0.00000420. The maximum Gasteiger partial charge on any atom is -0.147 e. The standard InChI is InChI=1S/2C12H19.2CH3.2ClH.H2Si.Zr/c2*1-9(2)7-11-5-6-12(8-11)10(3)4;;;;;;/h2*8-10H,5,7H2,1-4H3;2*1H3;2*1H;1H2;. The van der Waals surface area contributed by atoms with Gasteiger partial charge in [0.25, 0.3) is 0 Å². The van der Waals surface area contributed by atoms with E-state index in [1.807, 2.05) is 6.56 Å². The first-order valence-corrected chi connectivity index (χ1v) is 24.9. The summed E-state index contributed by atoms with van der Waals surface area (Å²) in [6.07, 6.45) is 10.3. The fourth-order valence-corrected chi connectivity index (χ4v) is 20.4. The summed E-state index contributed by atoms with van der Waals surface area (Å²) >= 11 is -3.18. The van der Waals surface area contributed by atoms with Crippen molar-refractivity contribution in [1.29, 1.82) is 0 Å². The second-order valence-electron chi connectivity index (χ2n) is 12.0. The van der Waals surface area contributed by atoms with E-state index >= 15 is 0 Å². The molecule has 0 aliphatic heterocycles. The zero-order valence-electron chi connectivity index (χ0n) is 21.3. The van der Waals surface area contributed by atoms with E-state index in [2.05, 4.69) is 83.7 Å². The Hall–Kier alpha value is 0.640. The van der Waals surface area contributed by atoms with Crippen LogP contribution in [0.15, 0.2) is 41.0 Å². The molecule has 2 rings (SSSR count). The first-order valence-electron chi connectivity index (χ1n) is 11.6. The molecule has 0 atom stereocenters. The summed E-state index contributed by atoms with van der Waals surface area (Å²) in [5, 5.41) is 0. The van der Waals surface area contributed by atoms with E-state index in [4.69, 9.17) is 0 Å². The van der Waals surface area contributed by atoms with Gasteiger partial charge in [-0.25, -0.2) is 0 Å². The Labute approximate surface area is 202 Å². The van der Waals surface area contributed by atoms with Crippen LogP contribution in [0.2, 0.25) is 9.26 Å². The van der Waals surface area contributed by atoms with Crippen LogP contribution in [0.3, 0.4) is 0 Å². The maximum absolute atomic E-state index is 3.18. The first kappa shape index (κ1) is 30.6. The quantitative estimate of drug-likeness (QED) is 0.265. The molecular weight excluding hydrogens is 503 g/mol. The van der Waals surface area contributed by atoms with Crippen molar-refractivity contribution >= 4 is 31.7 Å². The van der Waals surface area contributed by atoms with Crippen molar-refractivity contribution in [3.05, 3.63) is 41.0 Å². The van der Waals surface area contributed by atoms with Gasteiger partial charge >= 0.3 is 179 Å². The third-order valence-corrected chi connectivity index (χ3v) is 23.6. The predicted octanol–water partition coefficient (Wildman–Crippen LogP) is 8.74. The summed E-state index contributed by atoms with van der Waals surface area (Å²) in [6, 6.07) is 0. The zero-order chi connectivity index (χ0) is 21.5. The van der Waals surface area contributed by atoms with Crippen molar-refractivity contribution in [1.82, 2.24) is 0 Å². The third-order valence-electron chi connectivity index (χ3n) is 6.74. The normalized spacial score (nSPS) is 17.8. The van der Waals surface area contributed by atoms with Crippen molar-refractivity contribution in [2.45, 2.75) is 90.3 Å². The van der Waals surface area contributed by atoms with E-state index in [9.17, 15) is 0 Å². The molecule has 0 spiro atoms. The van der Waals surface area contributed by atoms with Gasteiger partial charge in [0.1, 0.15) is 0 Å². The van der Waals surface area contributed by atoms with Crippen molar-refractivity contribution in [2.75, 3.05) is 0 Å².